The van der Waals surface area contributed by atoms with Crippen LogP contribution in [0.4, 0.5) is 0 Å². The molecule has 2 rings (SSSR count). The maximum Gasteiger partial charge on any atom is 0.220 e. The summed E-state index contributed by atoms with van der Waals surface area (Å²) < 4.78 is 5.85. The van der Waals surface area contributed by atoms with Gasteiger partial charge in [0.1, 0.15) is 11.9 Å². The molecule has 2 N–H and O–H groups in total. The number of hydrogen-bond donors (Lipinski definition) is 2. The minimum atomic E-state index is -0.0248. The lowest BCUT2D eigenvalue weighted by Gasteiger charge is -2.17. The van der Waals surface area contributed by atoms with Gasteiger partial charge < -0.3 is 15.4 Å². The van der Waals surface area contributed by atoms with Crippen molar-refractivity contribution in [2.75, 3.05) is 19.6 Å². The zero-order chi connectivity index (χ0) is 15.1. The Morgan fingerprint density at radius 1 is 1.45 bits per heavy atom. The number of nitrogens with one attached hydrogen (secondary N) is 2. The van der Waals surface area contributed by atoms with E-state index in [2.05, 4.69) is 10.6 Å². The minimum absolute atomic E-state index is 0. The number of benzene rings is 1. The van der Waals surface area contributed by atoms with Crippen LogP contribution in [0.5, 0.6) is 5.75 Å². The van der Waals surface area contributed by atoms with Crippen molar-refractivity contribution in [3.05, 3.63) is 29.8 Å². The van der Waals surface area contributed by atoms with Gasteiger partial charge in [-0.05, 0) is 57.3 Å². The molecule has 2 unspecified atom stereocenters. The normalized spacial score (nSPS) is 18.4. The van der Waals surface area contributed by atoms with Gasteiger partial charge in [-0.1, -0.05) is 18.2 Å². The van der Waals surface area contributed by atoms with Gasteiger partial charge in [-0.25, -0.2) is 0 Å². The second kappa shape index (κ2) is 9.70. The molecule has 0 spiro atoms. The van der Waals surface area contributed by atoms with E-state index in [9.17, 15) is 4.79 Å². The quantitative estimate of drug-likeness (QED) is 0.810. The van der Waals surface area contributed by atoms with Gasteiger partial charge in [-0.2, -0.15) is 0 Å². The van der Waals surface area contributed by atoms with Gasteiger partial charge in [0.15, 0.2) is 0 Å². The number of halogens is 1. The molecule has 4 nitrogen and oxygen atoms in total. The third-order valence-corrected chi connectivity index (χ3v) is 3.95. The Labute approximate surface area is 139 Å². The van der Waals surface area contributed by atoms with Crippen molar-refractivity contribution in [2.45, 2.75) is 39.2 Å². The molecule has 1 aliphatic rings. The second-order valence-electron chi connectivity index (χ2n) is 5.90. The lowest BCUT2D eigenvalue weighted by atomic mass is 10.0. The topological polar surface area (TPSA) is 50.4 Å². The molecule has 124 valence electrons. The Balaban J connectivity index is 0.00000242. The molecule has 1 amide bonds. The van der Waals surface area contributed by atoms with Crippen LogP contribution >= 0.6 is 12.4 Å². The number of ether oxygens (including phenoxy) is 1. The van der Waals surface area contributed by atoms with E-state index < -0.39 is 0 Å². The summed E-state index contributed by atoms with van der Waals surface area (Å²) >= 11 is 0. The van der Waals surface area contributed by atoms with Crippen LogP contribution in [0.3, 0.4) is 0 Å². The number of hydrogen-bond acceptors (Lipinski definition) is 3. The predicted molar refractivity (Wildman–Crippen MR) is 91.7 cm³/mol. The Morgan fingerprint density at radius 2 is 2.23 bits per heavy atom. The van der Waals surface area contributed by atoms with Gasteiger partial charge in [-0.3, -0.25) is 4.79 Å². The van der Waals surface area contributed by atoms with Gasteiger partial charge in [0, 0.05) is 6.42 Å². The molecular formula is C17H27ClN2O2. The number of amides is 1. The maximum atomic E-state index is 11.8. The molecule has 1 aromatic rings. The zero-order valence-electron chi connectivity index (χ0n) is 13.4. The van der Waals surface area contributed by atoms with E-state index >= 15 is 0 Å². The number of carbonyl (C=O) groups is 1. The summed E-state index contributed by atoms with van der Waals surface area (Å²) in [6, 6.07) is 7.94. The van der Waals surface area contributed by atoms with Gasteiger partial charge in [-0.15, -0.1) is 12.4 Å². The van der Waals surface area contributed by atoms with E-state index in [1.807, 2.05) is 38.1 Å². The van der Waals surface area contributed by atoms with E-state index in [0.717, 1.165) is 30.8 Å². The van der Waals surface area contributed by atoms with Crippen LogP contribution in [0.25, 0.3) is 0 Å². The summed E-state index contributed by atoms with van der Waals surface area (Å²) in [6.07, 6.45) is 2.76. The molecule has 1 aliphatic heterocycles. The Kier molecular flexibility index (Phi) is 8.28. The molecule has 1 aromatic carbocycles. The van der Waals surface area contributed by atoms with Crippen LogP contribution in [0.1, 0.15) is 31.7 Å². The van der Waals surface area contributed by atoms with Gasteiger partial charge in [0.25, 0.3) is 0 Å². The largest absolute Gasteiger partial charge is 0.489 e. The summed E-state index contributed by atoms with van der Waals surface area (Å²) in [5.41, 5.74) is 1.12. The van der Waals surface area contributed by atoms with Crippen LogP contribution in [-0.2, 0) is 4.79 Å². The van der Waals surface area contributed by atoms with E-state index in [0.29, 0.717) is 18.9 Å². The Morgan fingerprint density at radius 3 is 2.91 bits per heavy atom. The van der Waals surface area contributed by atoms with Crippen molar-refractivity contribution in [3.63, 3.8) is 0 Å². The first-order valence-corrected chi connectivity index (χ1v) is 7.85. The first-order chi connectivity index (χ1) is 10.1. The number of aryl methyl sites for hydroxylation is 1. The summed E-state index contributed by atoms with van der Waals surface area (Å²) in [6.45, 7) is 6.70. The van der Waals surface area contributed by atoms with E-state index in [4.69, 9.17) is 4.74 Å². The predicted octanol–water partition coefficient (Wildman–Crippen LogP) is 2.69. The number of carbonyl (C=O) groups excluding carboxylic acids is 1. The van der Waals surface area contributed by atoms with Gasteiger partial charge in [0.05, 0.1) is 6.54 Å². The monoisotopic (exact) mass is 326 g/mol. The van der Waals surface area contributed by atoms with Gasteiger partial charge >= 0.3 is 0 Å². The molecule has 0 bridgehead atoms. The summed E-state index contributed by atoms with van der Waals surface area (Å²) in [5, 5.41) is 6.29. The van der Waals surface area contributed by atoms with Crippen molar-refractivity contribution in [2.24, 2.45) is 5.92 Å². The highest BCUT2D eigenvalue weighted by Crippen LogP contribution is 2.17. The summed E-state index contributed by atoms with van der Waals surface area (Å²) in [7, 11) is 0. The van der Waals surface area contributed by atoms with Gasteiger partial charge in [0.2, 0.25) is 5.91 Å². The first-order valence-electron chi connectivity index (χ1n) is 7.85. The fourth-order valence-corrected chi connectivity index (χ4v) is 2.59. The highest BCUT2D eigenvalue weighted by molar-refractivity contribution is 5.85. The smallest absolute Gasteiger partial charge is 0.220 e. The third kappa shape index (κ3) is 6.24. The molecule has 0 radical (unpaired) electrons. The fourth-order valence-electron chi connectivity index (χ4n) is 2.59. The average Bonchev–Trinajstić information content (AvgIpc) is 2.99. The number of rotatable bonds is 7. The SMILES string of the molecule is Cc1ccccc1OC(C)CNC(=O)CCC1CCNC1.Cl. The van der Waals surface area contributed by atoms with Crippen molar-refractivity contribution >= 4 is 18.3 Å². The molecule has 0 aliphatic carbocycles. The third-order valence-electron chi connectivity index (χ3n) is 3.95. The van der Waals surface area contributed by atoms with Crippen molar-refractivity contribution in [3.8, 4) is 5.75 Å². The van der Waals surface area contributed by atoms with Crippen molar-refractivity contribution < 1.29 is 9.53 Å². The van der Waals surface area contributed by atoms with Crippen LogP contribution in [-0.4, -0.2) is 31.6 Å². The molecule has 1 heterocycles. The molecule has 0 saturated carbocycles. The average molecular weight is 327 g/mol. The highest BCUT2D eigenvalue weighted by Gasteiger charge is 2.16. The summed E-state index contributed by atoms with van der Waals surface area (Å²) in [5.74, 6) is 1.68. The van der Waals surface area contributed by atoms with Crippen LogP contribution in [0.2, 0.25) is 0 Å². The van der Waals surface area contributed by atoms with Crippen LogP contribution in [0.15, 0.2) is 24.3 Å². The Bertz CT molecular complexity index is 462. The van der Waals surface area contributed by atoms with E-state index in [1.54, 1.807) is 0 Å². The molecule has 1 saturated heterocycles. The standard InChI is InChI=1S/C17H26N2O2.ClH/c1-13-5-3-4-6-16(13)21-14(2)11-19-17(20)8-7-15-9-10-18-12-15;/h3-6,14-15,18H,7-12H2,1-2H3,(H,19,20);1H. The maximum absolute atomic E-state index is 11.8. The second-order valence-corrected chi connectivity index (χ2v) is 5.90. The lowest BCUT2D eigenvalue weighted by Crippen LogP contribution is -2.33. The van der Waals surface area contributed by atoms with E-state index in [-0.39, 0.29) is 24.4 Å². The zero-order valence-corrected chi connectivity index (χ0v) is 14.2. The minimum Gasteiger partial charge on any atom is -0.489 e. The summed E-state index contributed by atoms with van der Waals surface area (Å²) in [4.78, 5) is 11.8. The molecule has 22 heavy (non-hydrogen) atoms. The van der Waals surface area contributed by atoms with Crippen molar-refractivity contribution in [1.82, 2.24) is 10.6 Å². The molecule has 2 atom stereocenters. The fraction of sp³-hybridized carbons (Fsp3) is 0.588. The van der Waals surface area contributed by atoms with Crippen LogP contribution in [0, 0.1) is 12.8 Å². The molecule has 5 heteroatoms. The molecule has 0 aromatic heterocycles. The van der Waals surface area contributed by atoms with Crippen molar-refractivity contribution in [1.29, 1.82) is 0 Å². The van der Waals surface area contributed by atoms with E-state index in [1.165, 1.54) is 6.42 Å². The molecule has 1 fully saturated rings. The number of para-hydroxylation sites is 1. The Hall–Kier alpha value is -1.26. The lowest BCUT2D eigenvalue weighted by molar-refractivity contribution is -0.121. The van der Waals surface area contributed by atoms with Crippen LogP contribution < -0.4 is 15.4 Å². The first kappa shape index (κ1) is 18.8. The molecular weight excluding hydrogens is 300 g/mol. The highest BCUT2D eigenvalue weighted by atomic mass is 35.5.